The number of rotatable bonds is 4. The van der Waals surface area contributed by atoms with E-state index in [1.54, 1.807) is 11.1 Å². The minimum absolute atomic E-state index is 0.632. The highest BCUT2D eigenvalue weighted by Gasteiger charge is 2.25. The number of benzene rings is 2. The van der Waals surface area contributed by atoms with Crippen molar-refractivity contribution >= 4 is 0 Å². The minimum Gasteiger partial charge on any atom is -0.310 e. The first-order valence-electron chi connectivity index (χ1n) is 8.28. The van der Waals surface area contributed by atoms with Gasteiger partial charge in [0.2, 0.25) is 0 Å². The summed E-state index contributed by atoms with van der Waals surface area (Å²) in [7, 11) is 0. The first-order valence-corrected chi connectivity index (χ1v) is 8.28. The van der Waals surface area contributed by atoms with Crippen LogP contribution in [0.25, 0.3) is 0 Å². The molecule has 2 aliphatic rings. The summed E-state index contributed by atoms with van der Waals surface area (Å²) >= 11 is 0. The number of nitrogens with one attached hydrogen (secondary N) is 1. The summed E-state index contributed by atoms with van der Waals surface area (Å²) in [6, 6.07) is 18.5. The van der Waals surface area contributed by atoms with Gasteiger partial charge in [-0.15, -0.1) is 0 Å². The van der Waals surface area contributed by atoms with Crippen molar-refractivity contribution in [2.45, 2.75) is 50.6 Å². The summed E-state index contributed by atoms with van der Waals surface area (Å²) in [5.41, 5.74) is 6.19. The lowest BCUT2D eigenvalue weighted by atomic mass is 9.88. The minimum atomic E-state index is 0.632. The molecule has 0 amide bonds. The molecule has 0 heterocycles. The zero-order valence-corrected chi connectivity index (χ0v) is 12.5. The zero-order valence-electron chi connectivity index (χ0n) is 12.5. The molecule has 1 N–H and O–H groups in total. The lowest BCUT2D eigenvalue weighted by molar-refractivity contribution is 0.457. The molecular weight excluding hydrogens is 254 g/mol. The fraction of sp³-hybridized carbons (Fsp3) is 0.400. The summed E-state index contributed by atoms with van der Waals surface area (Å²) in [6.45, 7) is 1.03. The molecule has 4 rings (SSSR count). The van der Waals surface area contributed by atoms with Crippen LogP contribution in [0.1, 0.15) is 47.4 Å². The van der Waals surface area contributed by atoms with E-state index < -0.39 is 0 Å². The van der Waals surface area contributed by atoms with E-state index in [4.69, 9.17) is 0 Å². The van der Waals surface area contributed by atoms with E-state index in [1.807, 2.05) is 0 Å². The third kappa shape index (κ3) is 2.89. The molecule has 0 saturated heterocycles. The highest BCUT2D eigenvalue weighted by molar-refractivity contribution is 5.34. The molecule has 0 spiro atoms. The van der Waals surface area contributed by atoms with Crippen LogP contribution in [0.15, 0.2) is 48.5 Å². The van der Waals surface area contributed by atoms with Crippen molar-refractivity contribution in [3.63, 3.8) is 0 Å². The Morgan fingerprint density at radius 1 is 0.857 bits per heavy atom. The van der Waals surface area contributed by atoms with Gasteiger partial charge in [0.05, 0.1) is 0 Å². The highest BCUT2D eigenvalue weighted by atomic mass is 14.9. The van der Waals surface area contributed by atoms with E-state index in [0.29, 0.717) is 6.04 Å². The fourth-order valence-electron chi connectivity index (χ4n) is 3.61. The Balaban J connectivity index is 1.42. The maximum Gasteiger partial charge on any atom is 0.0211 e. The van der Waals surface area contributed by atoms with Crippen molar-refractivity contribution in [3.8, 4) is 0 Å². The normalized spacial score (nSPS) is 21.0. The number of hydrogen-bond donors (Lipinski definition) is 1. The van der Waals surface area contributed by atoms with Gasteiger partial charge < -0.3 is 5.32 Å². The van der Waals surface area contributed by atoms with Crippen LogP contribution < -0.4 is 5.32 Å². The van der Waals surface area contributed by atoms with Crippen LogP contribution in [0.2, 0.25) is 0 Å². The molecule has 0 radical (unpaired) electrons. The van der Waals surface area contributed by atoms with E-state index in [2.05, 4.69) is 53.8 Å². The van der Waals surface area contributed by atoms with Crippen LogP contribution >= 0.6 is 0 Å². The van der Waals surface area contributed by atoms with Gasteiger partial charge in [-0.3, -0.25) is 0 Å². The first kappa shape index (κ1) is 13.1. The molecule has 0 aromatic heterocycles. The van der Waals surface area contributed by atoms with E-state index in [9.17, 15) is 0 Å². The maximum atomic E-state index is 3.80. The molecule has 1 heteroatoms. The molecule has 0 aliphatic heterocycles. The Hall–Kier alpha value is -1.60. The maximum absolute atomic E-state index is 3.80. The van der Waals surface area contributed by atoms with Crippen molar-refractivity contribution in [1.29, 1.82) is 0 Å². The standard InChI is InChI=1S/C20H23N/c1-2-6-17-13-19(12-11-15(17)5-1)21-14-18-7-3-4-8-20(18)16-9-10-16/h1-8,16,19,21H,9-14H2. The average Bonchev–Trinajstić information content (AvgIpc) is 3.38. The predicted octanol–water partition coefficient (Wildman–Crippen LogP) is 4.21. The molecule has 1 saturated carbocycles. The van der Waals surface area contributed by atoms with Gasteiger partial charge in [-0.05, 0) is 60.3 Å². The molecule has 108 valence electrons. The van der Waals surface area contributed by atoms with Crippen LogP contribution in [0.4, 0.5) is 0 Å². The second kappa shape index (κ2) is 5.65. The van der Waals surface area contributed by atoms with Crippen LogP contribution in [0.5, 0.6) is 0 Å². The van der Waals surface area contributed by atoms with Crippen LogP contribution in [-0.2, 0) is 19.4 Å². The number of fused-ring (bicyclic) bond motifs is 1. The van der Waals surface area contributed by atoms with Gasteiger partial charge in [0.25, 0.3) is 0 Å². The molecule has 0 bridgehead atoms. The third-order valence-electron chi connectivity index (χ3n) is 5.00. The lowest BCUT2D eigenvalue weighted by Gasteiger charge is -2.26. The van der Waals surface area contributed by atoms with E-state index >= 15 is 0 Å². The second-order valence-corrected chi connectivity index (χ2v) is 6.56. The van der Waals surface area contributed by atoms with Crippen molar-refractivity contribution in [3.05, 3.63) is 70.8 Å². The predicted molar refractivity (Wildman–Crippen MR) is 87.5 cm³/mol. The molecular formula is C20H23N. The molecule has 1 unspecified atom stereocenters. The van der Waals surface area contributed by atoms with Crippen molar-refractivity contribution < 1.29 is 0 Å². The quantitative estimate of drug-likeness (QED) is 0.882. The number of aryl methyl sites for hydroxylation is 1. The van der Waals surface area contributed by atoms with E-state index in [0.717, 1.165) is 12.5 Å². The van der Waals surface area contributed by atoms with E-state index in [1.165, 1.54) is 43.2 Å². The summed E-state index contributed by atoms with van der Waals surface area (Å²) in [5.74, 6) is 0.843. The van der Waals surface area contributed by atoms with Crippen LogP contribution in [-0.4, -0.2) is 6.04 Å². The molecule has 1 fully saturated rings. The van der Waals surface area contributed by atoms with Crippen LogP contribution in [0.3, 0.4) is 0 Å². The van der Waals surface area contributed by atoms with E-state index in [-0.39, 0.29) is 0 Å². The van der Waals surface area contributed by atoms with Gasteiger partial charge in [0.1, 0.15) is 0 Å². The summed E-state index contributed by atoms with van der Waals surface area (Å²) in [6.07, 6.45) is 6.43. The molecule has 2 aliphatic carbocycles. The smallest absolute Gasteiger partial charge is 0.0211 e. The molecule has 2 aromatic carbocycles. The Morgan fingerprint density at radius 2 is 1.62 bits per heavy atom. The highest BCUT2D eigenvalue weighted by Crippen LogP contribution is 2.41. The Kier molecular flexibility index (Phi) is 3.52. The summed E-state index contributed by atoms with van der Waals surface area (Å²) in [5, 5.41) is 3.80. The second-order valence-electron chi connectivity index (χ2n) is 6.56. The van der Waals surface area contributed by atoms with Crippen molar-refractivity contribution in [2.75, 3.05) is 0 Å². The topological polar surface area (TPSA) is 12.0 Å². The average molecular weight is 277 g/mol. The monoisotopic (exact) mass is 277 g/mol. The molecule has 1 atom stereocenters. The van der Waals surface area contributed by atoms with Gasteiger partial charge in [-0.1, -0.05) is 48.5 Å². The summed E-state index contributed by atoms with van der Waals surface area (Å²) < 4.78 is 0. The molecule has 2 aromatic rings. The lowest BCUT2D eigenvalue weighted by Crippen LogP contribution is -2.34. The molecule has 1 nitrogen and oxygen atoms in total. The van der Waals surface area contributed by atoms with Crippen molar-refractivity contribution in [2.24, 2.45) is 0 Å². The van der Waals surface area contributed by atoms with Gasteiger partial charge in [0, 0.05) is 12.6 Å². The van der Waals surface area contributed by atoms with Gasteiger partial charge in [0.15, 0.2) is 0 Å². The SMILES string of the molecule is c1ccc2c(c1)CCC(NCc1ccccc1C1CC1)C2. The largest absolute Gasteiger partial charge is 0.310 e. The van der Waals surface area contributed by atoms with Crippen LogP contribution in [0, 0.1) is 0 Å². The first-order chi connectivity index (χ1) is 10.4. The zero-order chi connectivity index (χ0) is 14.1. The van der Waals surface area contributed by atoms with Gasteiger partial charge in [-0.25, -0.2) is 0 Å². The van der Waals surface area contributed by atoms with Gasteiger partial charge >= 0.3 is 0 Å². The third-order valence-corrected chi connectivity index (χ3v) is 5.00. The Labute approximate surface area is 127 Å². The Morgan fingerprint density at radius 3 is 2.48 bits per heavy atom. The van der Waals surface area contributed by atoms with Gasteiger partial charge in [-0.2, -0.15) is 0 Å². The molecule has 21 heavy (non-hydrogen) atoms. The summed E-state index contributed by atoms with van der Waals surface area (Å²) in [4.78, 5) is 0. The Bertz CT molecular complexity index is 627. The van der Waals surface area contributed by atoms with Crippen molar-refractivity contribution in [1.82, 2.24) is 5.32 Å². The fourth-order valence-corrected chi connectivity index (χ4v) is 3.61. The number of hydrogen-bond acceptors (Lipinski definition) is 1.